The molecule has 0 bridgehead atoms. The molecule has 0 unspecified atom stereocenters. The summed E-state index contributed by atoms with van der Waals surface area (Å²) in [5.41, 5.74) is 2.26. The molecule has 2 rings (SSSR count). The van der Waals surface area contributed by atoms with E-state index in [0.29, 0.717) is 13.2 Å². The Morgan fingerprint density at radius 3 is 2.32 bits per heavy atom. The van der Waals surface area contributed by atoms with Gasteiger partial charge in [0.05, 0.1) is 6.61 Å². The van der Waals surface area contributed by atoms with Crippen molar-refractivity contribution >= 4 is 11.6 Å². The average Bonchev–Trinajstić information content (AvgIpc) is 2.54. The van der Waals surface area contributed by atoms with E-state index in [0.717, 1.165) is 35.2 Å². The fourth-order valence-electron chi connectivity index (χ4n) is 2.06. The van der Waals surface area contributed by atoms with Crippen LogP contribution in [0.2, 0.25) is 5.02 Å². The van der Waals surface area contributed by atoms with Crippen molar-refractivity contribution in [1.29, 1.82) is 0 Å². The number of halogens is 1. The summed E-state index contributed by atoms with van der Waals surface area (Å²) >= 11 is 5.89. The van der Waals surface area contributed by atoms with Crippen molar-refractivity contribution in [3.63, 3.8) is 0 Å². The number of hydrogen-bond acceptors (Lipinski definition) is 3. The van der Waals surface area contributed by atoms with Crippen LogP contribution < -0.4 is 14.8 Å². The van der Waals surface area contributed by atoms with Crippen molar-refractivity contribution in [3.8, 4) is 11.5 Å². The van der Waals surface area contributed by atoms with E-state index in [9.17, 15) is 0 Å². The van der Waals surface area contributed by atoms with Gasteiger partial charge < -0.3 is 14.8 Å². The minimum atomic E-state index is 0.490. The van der Waals surface area contributed by atoms with Gasteiger partial charge in [-0.1, -0.05) is 36.7 Å². The maximum Gasteiger partial charge on any atom is 0.161 e. The first-order chi connectivity index (χ1) is 10.7. The first kappa shape index (κ1) is 16.7. The summed E-state index contributed by atoms with van der Waals surface area (Å²) < 4.78 is 11.6. The summed E-state index contributed by atoms with van der Waals surface area (Å²) in [6.45, 7) is 6.94. The van der Waals surface area contributed by atoms with E-state index < -0.39 is 0 Å². The third-order valence-electron chi connectivity index (χ3n) is 3.19. The zero-order valence-electron chi connectivity index (χ0n) is 13.1. The molecular weight excluding hydrogens is 298 g/mol. The summed E-state index contributed by atoms with van der Waals surface area (Å²) in [7, 11) is 0. The Hall–Kier alpha value is -1.71. The fourth-order valence-corrected chi connectivity index (χ4v) is 2.19. The van der Waals surface area contributed by atoms with Crippen molar-refractivity contribution in [1.82, 2.24) is 5.32 Å². The molecule has 22 heavy (non-hydrogen) atoms. The largest absolute Gasteiger partial charge is 0.490 e. The normalized spacial score (nSPS) is 10.5. The summed E-state index contributed by atoms with van der Waals surface area (Å²) in [6, 6.07) is 13.7. The molecule has 0 aliphatic rings. The van der Waals surface area contributed by atoms with Gasteiger partial charge in [-0.15, -0.1) is 0 Å². The topological polar surface area (TPSA) is 30.5 Å². The quantitative estimate of drug-likeness (QED) is 0.781. The molecule has 0 spiro atoms. The van der Waals surface area contributed by atoms with Gasteiger partial charge in [-0.2, -0.15) is 0 Å². The number of ether oxygens (including phenoxy) is 2. The second-order valence-electron chi connectivity index (χ2n) is 4.91. The highest BCUT2D eigenvalue weighted by Crippen LogP contribution is 2.29. The lowest BCUT2D eigenvalue weighted by molar-refractivity contribution is 0.269. The Kier molecular flexibility index (Phi) is 6.56. The number of rotatable bonds is 8. The molecule has 1 N–H and O–H groups in total. The van der Waals surface area contributed by atoms with Gasteiger partial charge >= 0.3 is 0 Å². The number of hydrogen-bond donors (Lipinski definition) is 1. The molecule has 3 nitrogen and oxygen atoms in total. The Labute approximate surface area is 137 Å². The third-order valence-corrected chi connectivity index (χ3v) is 3.45. The zero-order valence-corrected chi connectivity index (χ0v) is 13.8. The Balaban J connectivity index is 2.06. The Morgan fingerprint density at radius 2 is 1.64 bits per heavy atom. The molecule has 2 aromatic rings. The lowest BCUT2D eigenvalue weighted by Crippen LogP contribution is -2.12. The van der Waals surface area contributed by atoms with Crippen molar-refractivity contribution < 1.29 is 9.47 Å². The van der Waals surface area contributed by atoms with Crippen LogP contribution in [0.15, 0.2) is 42.5 Å². The molecule has 118 valence electrons. The molecule has 0 fully saturated rings. The van der Waals surface area contributed by atoms with Gasteiger partial charge in [-0.05, 0) is 48.9 Å². The maximum absolute atomic E-state index is 5.89. The molecule has 0 radical (unpaired) electrons. The standard InChI is InChI=1S/C18H22ClNO2/c1-3-20-12-15-7-10-17(18(11-15)21-4-2)22-13-14-5-8-16(19)9-6-14/h5-11,20H,3-4,12-13H2,1-2H3. The molecule has 0 heterocycles. The first-order valence-electron chi connectivity index (χ1n) is 7.56. The average molecular weight is 320 g/mol. The van der Waals surface area contributed by atoms with Crippen LogP contribution in [-0.4, -0.2) is 13.2 Å². The van der Waals surface area contributed by atoms with Crippen LogP contribution in [0.3, 0.4) is 0 Å². The molecule has 4 heteroatoms. The molecule has 0 aliphatic carbocycles. The first-order valence-corrected chi connectivity index (χ1v) is 7.94. The Morgan fingerprint density at radius 1 is 0.909 bits per heavy atom. The van der Waals surface area contributed by atoms with E-state index in [1.54, 1.807) is 0 Å². The minimum absolute atomic E-state index is 0.490. The summed E-state index contributed by atoms with van der Waals surface area (Å²) in [5.74, 6) is 1.55. The van der Waals surface area contributed by atoms with E-state index in [1.807, 2.05) is 43.3 Å². The van der Waals surface area contributed by atoms with Crippen molar-refractivity contribution in [2.24, 2.45) is 0 Å². The smallest absolute Gasteiger partial charge is 0.161 e. The van der Waals surface area contributed by atoms with E-state index in [2.05, 4.69) is 18.3 Å². The Bertz CT molecular complexity index is 584. The van der Waals surface area contributed by atoms with Crippen LogP contribution in [0.25, 0.3) is 0 Å². The molecule has 0 atom stereocenters. The number of nitrogens with one attached hydrogen (secondary N) is 1. The van der Waals surface area contributed by atoms with E-state index in [1.165, 1.54) is 5.56 Å². The van der Waals surface area contributed by atoms with Crippen LogP contribution in [0.1, 0.15) is 25.0 Å². The van der Waals surface area contributed by atoms with Crippen LogP contribution in [0.5, 0.6) is 11.5 Å². The molecule has 0 aliphatic heterocycles. The molecule has 2 aromatic carbocycles. The van der Waals surface area contributed by atoms with Gasteiger partial charge in [-0.25, -0.2) is 0 Å². The van der Waals surface area contributed by atoms with Crippen molar-refractivity contribution in [3.05, 3.63) is 58.6 Å². The summed E-state index contributed by atoms with van der Waals surface area (Å²) in [4.78, 5) is 0. The lowest BCUT2D eigenvalue weighted by Gasteiger charge is -2.14. The summed E-state index contributed by atoms with van der Waals surface area (Å²) in [5, 5.41) is 4.04. The van der Waals surface area contributed by atoms with Gasteiger partial charge in [0.1, 0.15) is 6.61 Å². The van der Waals surface area contributed by atoms with E-state index in [4.69, 9.17) is 21.1 Å². The van der Waals surface area contributed by atoms with Crippen LogP contribution in [-0.2, 0) is 13.2 Å². The highest BCUT2D eigenvalue weighted by molar-refractivity contribution is 6.30. The summed E-state index contributed by atoms with van der Waals surface area (Å²) in [6.07, 6.45) is 0. The predicted molar refractivity (Wildman–Crippen MR) is 90.8 cm³/mol. The lowest BCUT2D eigenvalue weighted by atomic mass is 10.2. The second-order valence-corrected chi connectivity index (χ2v) is 5.35. The molecule has 0 saturated heterocycles. The molecule has 0 saturated carbocycles. The maximum atomic E-state index is 5.89. The minimum Gasteiger partial charge on any atom is -0.490 e. The van der Waals surface area contributed by atoms with Crippen LogP contribution >= 0.6 is 11.6 Å². The van der Waals surface area contributed by atoms with Gasteiger partial charge in [-0.3, -0.25) is 0 Å². The predicted octanol–water partition coefficient (Wildman–Crippen LogP) is 4.43. The van der Waals surface area contributed by atoms with E-state index >= 15 is 0 Å². The molecule has 0 amide bonds. The van der Waals surface area contributed by atoms with Crippen molar-refractivity contribution in [2.45, 2.75) is 27.0 Å². The van der Waals surface area contributed by atoms with Gasteiger partial charge in [0, 0.05) is 11.6 Å². The SMILES string of the molecule is CCNCc1ccc(OCc2ccc(Cl)cc2)c(OCC)c1. The van der Waals surface area contributed by atoms with E-state index in [-0.39, 0.29) is 0 Å². The monoisotopic (exact) mass is 319 g/mol. The van der Waals surface area contributed by atoms with Gasteiger partial charge in [0.15, 0.2) is 11.5 Å². The third kappa shape index (κ3) is 4.93. The highest BCUT2D eigenvalue weighted by atomic mass is 35.5. The van der Waals surface area contributed by atoms with Gasteiger partial charge in [0.2, 0.25) is 0 Å². The van der Waals surface area contributed by atoms with Crippen molar-refractivity contribution in [2.75, 3.05) is 13.2 Å². The highest BCUT2D eigenvalue weighted by Gasteiger charge is 2.07. The molecular formula is C18H22ClNO2. The van der Waals surface area contributed by atoms with Crippen LogP contribution in [0, 0.1) is 0 Å². The number of benzene rings is 2. The van der Waals surface area contributed by atoms with Crippen LogP contribution in [0.4, 0.5) is 0 Å². The zero-order chi connectivity index (χ0) is 15.8. The molecule has 0 aromatic heterocycles. The van der Waals surface area contributed by atoms with Gasteiger partial charge in [0.25, 0.3) is 0 Å². The second kappa shape index (κ2) is 8.66. The fraction of sp³-hybridized carbons (Fsp3) is 0.333.